The SMILES string of the molecule is COC(=O)[C@H]1CN(C(=O)C2(c3ccc(Cl)cc3)CCC2)CC[C@@H]1C. The number of hydrogen-bond acceptors (Lipinski definition) is 3. The first-order valence-corrected chi connectivity index (χ1v) is 8.99. The number of nitrogens with zero attached hydrogens (tertiary/aromatic N) is 1. The lowest BCUT2D eigenvalue weighted by Gasteiger charge is -2.46. The topological polar surface area (TPSA) is 46.6 Å². The third-order valence-electron chi connectivity index (χ3n) is 5.76. The molecular weight excluding hydrogens is 326 g/mol. The van der Waals surface area contributed by atoms with E-state index in [0.717, 1.165) is 31.2 Å². The number of methoxy groups -OCH3 is 1. The predicted octanol–water partition coefficient (Wildman–Crippen LogP) is 3.42. The van der Waals surface area contributed by atoms with E-state index in [2.05, 4.69) is 6.92 Å². The predicted molar refractivity (Wildman–Crippen MR) is 92.8 cm³/mol. The molecule has 0 N–H and O–H groups in total. The van der Waals surface area contributed by atoms with E-state index in [4.69, 9.17) is 16.3 Å². The Morgan fingerprint density at radius 2 is 1.92 bits per heavy atom. The second-order valence-electron chi connectivity index (χ2n) is 7.09. The van der Waals surface area contributed by atoms with E-state index >= 15 is 0 Å². The van der Waals surface area contributed by atoms with Gasteiger partial charge in [0.25, 0.3) is 0 Å². The van der Waals surface area contributed by atoms with E-state index in [0.29, 0.717) is 18.1 Å². The van der Waals surface area contributed by atoms with Crippen LogP contribution in [0.2, 0.25) is 5.02 Å². The Bertz CT molecular complexity index is 624. The minimum Gasteiger partial charge on any atom is -0.469 e. The molecule has 1 aliphatic heterocycles. The van der Waals surface area contributed by atoms with Crippen molar-refractivity contribution < 1.29 is 14.3 Å². The van der Waals surface area contributed by atoms with Crippen LogP contribution in [0.4, 0.5) is 0 Å². The van der Waals surface area contributed by atoms with Gasteiger partial charge in [-0.15, -0.1) is 0 Å². The standard InChI is InChI=1S/C19H24ClNO3/c1-13-8-11-21(12-16(13)17(22)24-2)18(23)19(9-3-10-19)14-4-6-15(20)7-5-14/h4-7,13,16H,3,8-12H2,1-2H3/t13-,16-/m0/s1. The Kier molecular flexibility index (Phi) is 4.86. The second kappa shape index (κ2) is 6.75. The summed E-state index contributed by atoms with van der Waals surface area (Å²) in [6.45, 7) is 3.23. The number of likely N-dealkylation sites (tertiary alicyclic amines) is 1. The van der Waals surface area contributed by atoms with E-state index in [1.807, 2.05) is 29.2 Å². The van der Waals surface area contributed by atoms with E-state index in [-0.39, 0.29) is 23.7 Å². The molecule has 0 spiro atoms. The molecule has 1 aliphatic carbocycles. The number of carbonyl (C=O) groups is 2. The summed E-state index contributed by atoms with van der Waals surface area (Å²) in [5.74, 6) is -0.0459. The summed E-state index contributed by atoms with van der Waals surface area (Å²) in [5.41, 5.74) is 0.600. The number of halogens is 1. The van der Waals surface area contributed by atoms with Gasteiger partial charge in [0.05, 0.1) is 18.4 Å². The van der Waals surface area contributed by atoms with Gasteiger partial charge in [0.2, 0.25) is 5.91 Å². The summed E-state index contributed by atoms with van der Waals surface area (Å²) in [6, 6.07) is 7.62. The highest BCUT2D eigenvalue weighted by Gasteiger charge is 2.49. The van der Waals surface area contributed by atoms with Crippen LogP contribution in [-0.2, 0) is 19.7 Å². The fraction of sp³-hybridized carbons (Fsp3) is 0.579. The summed E-state index contributed by atoms with van der Waals surface area (Å²) in [6.07, 6.45) is 3.62. The lowest BCUT2D eigenvalue weighted by Crippen LogP contribution is -2.55. The van der Waals surface area contributed by atoms with Crippen molar-refractivity contribution in [1.82, 2.24) is 4.90 Å². The van der Waals surface area contributed by atoms with Crippen LogP contribution in [-0.4, -0.2) is 37.0 Å². The zero-order chi connectivity index (χ0) is 17.3. The number of carbonyl (C=O) groups excluding carboxylic acids is 2. The monoisotopic (exact) mass is 349 g/mol. The molecule has 2 aliphatic rings. The van der Waals surface area contributed by atoms with Gasteiger partial charge in [0.15, 0.2) is 0 Å². The average Bonchev–Trinajstić information content (AvgIpc) is 2.55. The number of piperidine rings is 1. The maximum absolute atomic E-state index is 13.3. The van der Waals surface area contributed by atoms with Crippen LogP contribution in [0.3, 0.4) is 0 Å². The molecule has 3 rings (SSSR count). The summed E-state index contributed by atoms with van der Waals surface area (Å²) in [7, 11) is 1.41. The Morgan fingerprint density at radius 1 is 1.25 bits per heavy atom. The third-order valence-corrected chi connectivity index (χ3v) is 6.01. The zero-order valence-electron chi connectivity index (χ0n) is 14.3. The van der Waals surface area contributed by atoms with Gasteiger partial charge >= 0.3 is 5.97 Å². The molecule has 1 aromatic rings. The van der Waals surface area contributed by atoms with E-state index in [1.165, 1.54) is 7.11 Å². The molecule has 1 saturated carbocycles. The molecule has 4 nitrogen and oxygen atoms in total. The van der Waals surface area contributed by atoms with Gasteiger partial charge in [0, 0.05) is 18.1 Å². The van der Waals surface area contributed by atoms with Crippen LogP contribution in [0, 0.1) is 11.8 Å². The summed E-state index contributed by atoms with van der Waals surface area (Å²) in [4.78, 5) is 27.2. The largest absolute Gasteiger partial charge is 0.469 e. The summed E-state index contributed by atoms with van der Waals surface area (Å²) >= 11 is 5.99. The first kappa shape index (κ1) is 17.3. The molecular formula is C19H24ClNO3. The van der Waals surface area contributed by atoms with Crippen LogP contribution in [0.15, 0.2) is 24.3 Å². The summed E-state index contributed by atoms with van der Waals surface area (Å²) in [5, 5.41) is 0.679. The maximum atomic E-state index is 13.3. The highest BCUT2D eigenvalue weighted by molar-refractivity contribution is 6.30. The minimum absolute atomic E-state index is 0.150. The lowest BCUT2D eigenvalue weighted by molar-refractivity contribution is -0.153. The molecule has 2 atom stereocenters. The van der Waals surface area contributed by atoms with Gasteiger partial charge in [-0.3, -0.25) is 9.59 Å². The minimum atomic E-state index is -0.439. The number of amides is 1. The molecule has 24 heavy (non-hydrogen) atoms. The molecule has 1 amide bonds. The van der Waals surface area contributed by atoms with E-state index in [1.54, 1.807) is 0 Å². The molecule has 130 valence electrons. The Hall–Kier alpha value is -1.55. The quantitative estimate of drug-likeness (QED) is 0.785. The van der Waals surface area contributed by atoms with Crippen molar-refractivity contribution in [2.24, 2.45) is 11.8 Å². The van der Waals surface area contributed by atoms with Crippen molar-refractivity contribution in [3.8, 4) is 0 Å². The number of hydrogen-bond donors (Lipinski definition) is 0. The Labute approximate surface area is 148 Å². The first-order valence-electron chi connectivity index (χ1n) is 8.61. The Balaban J connectivity index is 1.81. The van der Waals surface area contributed by atoms with Crippen LogP contribution < -0.4 is 0 Å². The average molecular weight is 350 g/mol. The Morgan fingerprint density at radius 3 is 2.46 bits per heavy atom. The van der Waals surface area contributed by atoms with E-state index < -0.39 is 5.41 Å². The van der Waals surface area contributed by atoms with Crippen molar-refractivity contribution in [3.05, 3.63) is 34.9 Å². The van der Waals surface area contributed by atoms with Crippen LogP contribution >= 0.6 is 11.6 Å². The molecule has 1 saturated heterocycles. The molecule has 2 fully saturated rings. The number of esters is 1. The fourth-order valence-electron chi connectivity index (χ4n) is 3.94. The molecule has 0 radical (unpaired) electrons. The molecule has 1 aromatic carbocycles. The first-order chi connectivity index (χ1) is 11.5. The molecule has 0 bridgehead atoms. The van der Waals surface area contributed by atoms with Gasteiger partial charge in [-0.2, -0.15) is 0 Å². The van der Waals surface area contributed by atoms with Gasteiger partial charge in [0.1, 0.15) is 0 Å². The smallest absolute Gasteiger partial charge is 0.310 e. The van der Waals surface area contributed by atoms with Crippen LogP contribution in [0.5, 0.6) is 0 Å². The van der Waals surface area contributed by atoms with Gasteiger partial charge < -0.3 is 9.64 Å². The van der Waals surface area contributed by atoms with Gasteiger partial charge in [-0.1, -0.05) is 37.1 Å². The van der Waals surface area contributed by atoms with Crippen molar-refractivity contribution in [2.75, 3.05) is 20.2 Å². The fourth-order valence-corrected chi connectivity index (χ4v) is 4.07. The third kappa shape index (κ3) is 2.92. The molecule has 1 heterocycles. The highest BCUT2D eigenvalue weighted by atomic mass is 35.5. The van der Waals surface area contributed by atoms with E-state index in [9.17, 15) is 9.59 Å². The van der Waals surface area contributed by atoms with Crippen molar-refractivity contribution in [3.63, 3.8) is 0 Å². The second-order valence-corrected chi connectivity index (χ2v) is 7.53. The zero-order valence-corrected chi connectivity index (χ0v) is 15.0. The van der Waals surface area contributed by atoms with Crippen molar-refractivity contribution in [1.29, 1.82) is 0 Å². The molecule has 5 heteroatoms. The number of ether oxygens (including phenoxy) is 1. The van der Waals surface area contributed by atoms with Crippen LogP contribution in [0.1, 0.15) is 38.2 Å². The van der Waals surface area contributed by atoms with Crippen molar-refractivity contribution in [2.45, 2.75) is 38.0 Å². The summed E-state index contributed by atoms with van der Waals surface area (Å²) < 4.78 is 4.92. The van der Waals surface area contributed by atoms with Crippen molar-refractivity contribution >= 4 is 23.5 Å². The molecule has 0 unspecified atom stereocenters. The van der Waals surface area contributed by atoms with Gasteiger partial charge in [-0.05, 0) is 42.9 Å². The lowest BCUT2D eigenvalue weighted by atomic mass is 9.63. The van der Waals surface area contributed by atoms with Gasteiger partial charge in [-0.25, -0.2) is 0 Å². The highest BCUT2D eigenvalue weighted by Crippen LogP contribution is 2.46. The molecule has 0 aromatic heterocycles. The number of rotatable bonds is 3. The normalized spacial score (nSPS) is 25.7. The maximum Gasteiger partial charge on any atom is 0.310 e. The number of benzene rings is 1. The van der Waals surface area contributed by atoms with Crippen LogP contribution in [0.25, 0.3) is 0 Å².